The van der Waals surface area contributed by atoms with E-state index >= 15 is 0 Å². The Bertz CT molecular complexity index is 829. The van der Waals surface area contributed by atoms with E-state index in [1.807, 2.05) is 6.92 Å². The number of thiophene rings is 1. The van der Waals surface area contributed by atoms with Crippen LogP contribution in [0.2, 0.25) is 0 Å². The fourth-order valence-electron chi connectivity index (χ4n) is 4.68. The second-order valence-corrected chi connectivity index (χ2v) is 8.98. The number of amides is 1. The molecule has 26 heavy (non-hydrogen) atoms. The molecule has 2 aromatic rings. The van der Waals surface area contributed by atoms with Crippen LogP contribution in [0, 0.1) is 26.7 Å². The Morgan fingerprint density at radius 3 is 2.77 bits per heavy atom. The van der Waals surface area contributed by atoms with Crippen molar-refractivity contribution >= 4 is 33.3 Å². The Labute approximate surface area is 159 Å². The molecule has 140 valence electrons. The Morgan fingerprint density at radius 1 is 1.15 bits per heavy atom. The number of carbonyl (C=O) groups is 1. The van der Waals surface area contributed by atoms with E-state index < -0.39 is 0 Å². The predicted molar refractivity (Wildman–Crippen MR) is 107 cm³/mol. The number of hydrogen-bond donors (Lipinski definition) is 1. The normalized spacial score (nSPS) is 23.1. The summed E-state index contributed by atoms with van der Waals surface area (Å²) in [6.45, 7) is 7.37. The van der Waals surface area contributed by atoms with Gasteiger partial charge in [-0.15, -0.1) is 11.3 Å². The molecule has 1 aliphatic carbocycles. The zero-order valence-electron chi connectivity index (χ0n) is 16.0. The number of piperidine rings is 1. The number of carbonyl (C=O) groups excluding carboxylic acids is 1. The smallest absolute Gasteiger partial charge is 0.242 e. The van der Waals surface area contributed by atoms with Crippen molar-refractivity contribution in [3.05, 3.63) is 16.3 Å². The first-order valence-corrected chi connectivity index (χ1v) is 10.6. The number of anilines is 1. The molecule has 2 aliphatic rings. The van der Waals surface area contributed by atoms with Crippen LogP contribution in [0.1, 0.15) is 54.8 Å². The first-order valence-electron chi connectivity index (χ1n) is 9.82. The molecule has 2 atom stereocenters. The van der Waals surface area contributed by atoms with Crippen LogP contribution in [0.3, 0.4) is 0 Å². The van der Waals surface area contributed by atoms with Crippen molar-refractivity contribution < 1.29 is 4.79 Å². The summed E-state index contributed by atoms with van der Waals surface area (Å²) in [4.78, 5) is 26.5. The van der Waals surface area contributed by atoms with E-state index in [1.165, 1.54) is 42.5 Å². The number of rotatable bonds is 3. The largest absolute Gasteiger partial charge is 0.360 e. The summed E-state index contributed by atoms with van der Waals surface area (Å²) in [5.41, 5.74) is 1.21. The molecular formula is C20H28N4OS. The zero-order valence-corrected chi connectivity index (χ0v) is 16.8. The highest BCUT2D eigenvalue weighted by Crippen LogP contribution is 2.36. The topological polar surface area (TPSA) is 58.1 Å². The van der Waals surface area contributed by atoms with Crippen molar-refractivity contribution in [1.82, 2.24) is 14.9 Å². The average Bonchev–Trinajstić information content (AvgIpc) is 2.92. The van der Waals surface area contributed by atoms with Crippen molar-refractivity contribution in [3.8, 4) is 0 Å². The molecule has 1 aliphatic heterocycles. The molecule has 2 fully saturated rings. The third-order valence-electron chi connectivity index (χ3n) is 6.11. The van der Waals surface area contributed by atoms with E-state index in [9.17, 15) is 4.79 Å². The summed E-state index contributed by atoms with van der Waals surface area (Å²) in [6, 6.07) is 0.462. The van der Waals surface area contributed by atoms with Crippen LogP contribution in [-0.4, -0.2) is 39.9 Å². The summed E-state index contributed by atoms with van der Waals surface area (Å²) in [5.74, 6) is 2.49. The van der Waals surface area contributed by atoms with Gasteiger partial charge in [0.2, 0.25) is 5.91 Å². The van der Waals surface area contributed by atoms with Gasteiger partial charge in [0.15, 0.2) is 0 Å². The van der Waals surface area contributed by atoms with Gasteiger partial charge in [0.1, 0.15) is 16.5 Å². The third-order valence-corrected chi connectivity index (χ3v) is 7.21. The molecule has 1 saturated heterocycles. The lowest BCUT2D eigenvalue weighted by molar-refractivity contribution is -0.135. The Morgan fingerprint density at radius 2 is 1.92 bits per heavy atom. The standard InChI is InChI=1S/C20H28N4OS/c1-12-13(2)26-20-18(12)19(22-14(3)23-20)21-11-17(25)24-10-6-8-15-7-4-5-9-16(15)24/h15-16H,4-11H2,1-3H3,(H,21,22,23)/t15-,16+/m0/s1. The van der Waals surface area contributed by atoms with E-state index in [4.69, 9.17) is 0 Å². The Hall–Kier alpha value is -1.69. The lowest BCUT2D eigenvalue weighted by Gasteiger charge is -2.44. The van der Waals surface area contributed by atoms with Gasteiger partial charge in [-0.3, -0.25) is 4.79 Å². The zero-order chi connectivity index (χ0) is 18.3. The molecule has 0 spiro atoms. The number of nitrogens with zero attached hydrogens (tertiary/aromatic N) is 3. The van der Waals surface area contributed by atoms with Crippen molar-refractivity contribution in [2.45, 2.75) is 65.3 Å². The van der Waals surface area contributed by atoms with Crippen molar-refractivity contribution in [2.75, 3.05) is 18.4 Å². The van der Waals surface area contributed by atoms with E-state index in [-0.39, 0.29) is 5.91 Å². The lowest BCUT2D eigenvalue weighted by atomic mass is 9.78. The molecule has 0 unspecified atom stereocenters. The quantitative estimate of drug-likeness (QED) is 0.877. The summed E-state index contributed by atoms with van der Waals surface area (Å²) in [5, 5.41) is 4.41. The molecule has 0 aromatic carbocycles. The van der Waals surface area contributed by atoms with Crippen LogP contribution < -0.4 is 5.32 Å². The van der Waals surface area contributed by atoms with Crippen molar-refractivity contribution in [3.63, 3.8) is 0 Å². The van der Waals surface area contributed by atoms with Crippen LogP contribution in [-0.2, 0) is 4.79 Å². The van der Waals surface area contributed by atoms with Crippen LogP contribution in [0.15, 0.2) is 0 Å². The van der Waals surface area contributed by atoms with E-state index in [2.05, 4.69) is 34.0 Å². The molecule has 0 bridgehead atoms. The molecular weight excluding hydrogens is 344 g/mol. The van der Waals surface area contributed by atoms with Crippen LogP contribution in [0.4, 0.5) is 5.82 Å². The van der Waals surface area contributed by atoms with E-state index in [0.29, 0.717) is 12.6 Å². The highest BCUT2D eigenvalue weighted by Gasteiger charge is 2.35. The number of nitrogens with one attached hydrogen (secondary N) is 1. The van der Waals surface area contributed by atoms with Gasteiger partial charge in [0.25, 0.3) is 0 Å². The first-order chi connectivity index (χ1) is 12.5. The Balaban J connectivity index is 1.52. The van der Waals surface area contributed by atoms with E-state index in [0.717, 1.165) is 40.7 Å². The second kappa shape index (κ2) is 7.14. The maximum Gasteiger partial charge on any atom is 0.242 e. The van der Waals surface area contributed by atoms with Gasteiger partial charge in [-0.25, -0.2) is 9.97 Å². The fourth-order valence-corrected chi connectivity index (χ4v) is 5.75. The van der Waals surface area contributed by atoms with Crippen LogP contribution >= 0.6 is 11.3 Å². The molecule has 6 heteroatoms. The first kappa shape index (κ1) is 17.7. The van der Waals surface area contributed by atoms with Gasteiger partial charge >= 0.3 is 0 Å². The summed E-state index contributed by atoms with van der Waals surface area (Å²) >= 11 is 1.70. The van der Waals surface area contributed by atoms with Gasteiger partial charge in [-0.1, -0.05) is 12.8 Å². The number of likely N-dealkylation sites (tertiary alicyclic amines) is 1. The number of aryl methyl sites for hydroxylation is 3. The minimum absolute atomic E-state index is 0.218. The minimum atomic E-state index is 0.218. The molecule has 5 nitrogen and oxygen atoms in total. The monoisotopic (exact) mass is 372 g/mol. The van der Waals surface area contributed by atoms with Crippen LogP contribution in [0.25, 0.3) is 10.2 Å². The van der Waals surface area contributed by atoms with Gasteiger partial charge in [-0.2, -0.15) is 0 Å². The molecule has 1 N–H and O–H groups in total. The van der Waals surface area contributed by atoms with Crippen molar-refractivity contribution in [1.29, 1.82) is 0 Å². The van der Waals surface area contributed by atoms with E-state index in [1.54, 1.807) is 11.3 Å². The number of hydrogen-bond acceptors (Lipinski definition) is 5. The van der Waals surface area contributed by atoms with Crippen molar-refractivity contribution in [2.24, 2.45) is 5.92 Å². The lowest BCUT2D eigenvalue weighted by Crippen LogP contribution is -2.51. The minimum Gasteiger partial charge on any atom is -0.360 e. The van der Waals surface area contributed by atoms with Gasteiger partial charge in [0.05, 0.1) is 11.9 Å². The molecule has 2 aromatic heterocycles. The average molecular weight is 373 g/mol. The van der Waals surface area contributed by atoms with Crippen LogP contribution in [0.5, 0.6) is 0 Å². The molecule has 0 radical (unpaired) electrons. The van der Waals surface area contributed by atoms with Gasteiger partial charge in [0, 0.05) is 17.5 Å². The molecule has 4 rings (SSSR count). The maximum absolute atomic E-state index is 13.0. The number of fused-ring (bicyclic) bond motifs is 2. The van der Waals surface area contributed by atoms with Gasteiger partial charge in [-0.05, 0) is 57.9 Å². The predicted octanol–water partition coefficient (Wildman–Crippen LogP) is 4.21. The Kier molecular flexibility index (Phi) is 4.86. The van der Waals surface area contributed by atoms with Gasteiger partial charge < -0.3 is 10.2 Å². The molecule has 1 saturated carbocycles. The fraction of sp³-hybridized carbons (Fsp3) is 0.650. The molecule has 3 heterocycles. The second-order valence-electron chi connectivity index (χ2n) is 7.78. The number of aromatic nitrogens is 2. The maximum atomic E-state index is 13.0. The highest BCUT2D eigenvalue weighted by molar-refractivity contribution is 7.18. The summed E-state index contributed by atoms with van der Waals surface area (Å²) in [6.07, 6.45) is 7.50. The SMILES string of the molecule is Cc1nc(NCC(=O)N2CCC[C@@H]3CCCC[C@H]32)c2c(C)c(C)sc2n1. The molecule has 1 amide bonds. The third kappa shape index (κ3) is 3.20. The summed E-state index contributed by atoms with van der Waals surface area (Å²) in [7, 11) is 0. The highest BCUT2D eigenvalue weighted by atomic mass is 32.1. The summed E-state index contributed by atoms with van der Waals surface area (Å²) < 4.78 is 0.